The topological polar surface area (TPSA) is 77.3 Å². The second-order valence-corrected chi connectivity index (χ2v) is 6.58. The normalized spacial score (nSPS) is 20.4. The van der Waals surface area contributed by atoms with E-state index in [2.05, 4.69) is 10.3 Å². The summed E-state index contributed by atoms with van der Waals surface area (Å²) >= 11 is 0. The molecule has 7 nitrogen and oxygen atoms in total. The van der Waals surface area contributed by atoms with Crippen LogP contribution in [0, 0.1) is 5.92 Å². The van der Waals surface area contributed by atoms with E-state index in [1.165, 1.54) is 4.68 Å². The van der Waals surface area contributed by atoms with Gasteiger partial charge in [0.2, 0.25) is 5.91 Å². The van der Waals surface area contributed by atoms with Crippen molar-refractivity contribution >= 4 is 16.8 Å². The quantitative estimate of drug-likeness (QED) is 0.812. The van der Waals surface area contributed by atoms with Crippen LogP contribution in [-0.2, 0) is 16.1 Å². The minimum absolute atomic E-state index is 0.0548. The van der Waals surface area contributed by atoms with Crippen LogP contribution in [0.5, 0.6) is 0 Å². The summed E-state index contributed by atoms with van der Waals surface area (Å²) in [6, 6.07) is 7.36. The molecule has 2 aliphatic rings. The summed E-state index contributed by atoms with van der Waals surface area (Å²) < 4.78 is 6.58. The molecule has 0 radical (unpaired) electrons. The first kappa shape index (κ1) is 15.3. The number of hydrogen-bond acceptors (Lipinski definition) is 5. The fourth-order valence-electron chi connectivity index (χ4n) is 3.19. The Morgan fingerprint density at radius 3 is 2.88 bits per heavy atom. The van der Waals surface area contributed by atoms with E-state index in [0.717, 1.165) is 25.9 Å². The van der Waals surface area contributed by atoms with Crippen molar-refractivity contribution in [2.45, 2.75) is 31.8 Å². The molecule has 0 spiro atoms. The third kappa shape index (κ3) is 3.03. The van der Waals surface area contributed by atoms with Crippen LogP contribution in [-0.4, -0.2) is 51.6 Å². The van der Waals surface area contributed by atoms with Gasteiger partial charge in [0.25, 0.3) is 5.56 Å². The van der Waals surface area contributed by atoms with E-state index in [9.17, 15) is 9.59 Å². The predicted molar refractivity (Wildman–Crippen MR) is 87.5 cm³/mol. The number of fused-ring (bicyclic) bond motifs is 1. The molecule has 126 valence electrons. The molecule has 0 bridgehead atoms. The van der Waals surface area contributed by atoms with Crippen LogP contribution in [0.15, 0.2) is 29.1 Å². The van der Waals surface area contributed by atoms with E-state index in [-0.39, 0.29) is 18.0 Å². The second-order valence-electron chi connectivity index (χ2n) is 6.58. The van der Waals surface area contributed by atoms with E-state index in [0.29, 0.717) is 36.0 Å². The van der Waals surface area contributed by atoms with Crippen molar-refractivity contribution in [2.24, 2.45) is 5.92 Å². The zero-order valence-corrected chi connectivity index (χ0v) is 13.4. The van der Waals surface area contributed by atoms with Crippen molar-refractivity contribution in [3.05, 3.63) is 34.6 Å². The molecule has 1 amide bonds. The molecule has 1 aromatic carbocycles. The maximum Gasteiger partial charge on any atom is 0.278 e. The van der Waals surface area contributed by atoms with E-state index in [4.69, 9.17) is 4.74 Å². The van der Waals surface area contributed by atoms with Gasteiger partial charge in [-0.05, 0) is 31.4 Å². The summed E-state index contributed by atoms with van der Waals surface area (Å²) in [4.78, 5) is 27.1. The van der Waals surface area contributed by atoms with Crippen LogP contribution >= 0.6 is 0 Å². The molecule has 7 heteroatoms. The van der Waals surface area contributed by atoms with E-state index in [1.807, 2.05) is 11.0 Å². The van der Waals surface area contributed by atoms with Gasteiger partial charge in [0.05, 0.1) is 12.0 Å². The first-order valence-corrected chi connectivity index (χ1v) is 8.42. The lowest BCUT2D eigenvalue weighted by atomic mass is 10.1. The molecule has 1 saturated carbocycles. The van der Waals surface area contributed by atoms with Crippen molar-refractivity contribution in [2.75, 3.05) is 19.8 Å². The monoisotopic (exact) mass is 328 g/mol. The lowest BCUT2D eigenvalue weighted by Gasteiger charge is -2.25. The van der Waals surface area contributed by atoms with Gasteiger partial charge in [-0.3, -0.25) is 9.59 Å². The Kier molecular flexibility index (Phi) is 4.02. The van der Waals surface area contributed by atoms with Crippen molar-refractivity contribution in [1.29, 1.82) is 0 Å². The number of ether oxygens (including phenoxy) is 1. The summed E-state index contributed by atoms with van der Waals surface area (Å²) in [5.74, 6) is 0.338. The van der Waals surface area contributed by atoms with Crippen LogP contribution in [0.1, 0.15) is 19.3 Å². The number of carbonyl (C=O) groups excluding carboxylic acids is 1. The fourth-order valence-corrected chi connectivity index (χ4v) is 3.19. The summed E-state index contributed by atoms with van der Waals surface area (Å²) in [5, 5.41) is 8.45. The number of benzene rings is 1. The zero-order valence-electron chi connectivity index (χ0n) is 13.4. The maximum atomic E-state index is 12.7. The van der Waals surface area contributed by atoms with Gasteiger partial charge in [0.1, 0.15) is 12.1 Å². The van der Waals surface area contributed by atoms with Crippen molar-refractivity contribution in [1.82, 2.24) is 19.9 Å². The van der Waals surface area contributed by atoms with Crippen molar-refractivity contribution in [3.63, 3.8) is 0 Å². The zero-order chi connectivity index (χ0) is 16.5. The number of nitrogens with zero attached hydrogens (tertiary/aromatic N) is 4. The Hall–Kier alpha value is -2.28. The molecule has 1 aliphatic heterocycles. The van der Waals surface area contributed by atoms with Crippen molar-refractivity contribution in [3.8, 4) is 0 Å². The van der Waals surface area contributed by atoms with Crippen LogP contribution < -0.4 is 5.56 Å². The second kappa shape index (κ2) is 6.32. The first-order valence-electron chi connectivity index (χ1n) is 8.42. The average Bonchev–Trinajstić information content (AvgIpc) is 3.31. The predicted octanol–water partition coefficient (Wildman–Crippen LogP) is 0.819. The molecule has 1 saturated heterocycles. The number of rotatable bonds is 5. The maximum absolute atomic E-state index is 12.7. The molecule has 1 aromatic heterocycles. The minimum Gasteiger partial charge on any atom is -0.381 e. The largest absolute Gasteiger partial charge is 0.381 e. The van der Waals surface area contributed by atoms with E-state index >= 15 is 0 Å². The Morgan fingerprint density at radius 1 is 1.29 bits per heavy atom. The molecule has 1 aliphatic carbocycles. The molecule has 1 atom stereocenters. The molecule has 24 heavy (non-hydrogen) atoms. The smallest absolute Gasteiger partial charge is 0.278 e. The van der Waals surface area contributed by atoms with Crippen LogP contribution in [0.25, 0.3) is 10.9 Å². The van der Waals surface area contributed by atoms with Crippen LogP contribution in [0.2, 0.25) is 0 Å². The highest BCUT2D eigenvalue weighted by atomic mass is 16.5. The van der Waals surface area contributed by atoms with Gasteiger partial charge in [-0.1, -0.05) is 17.3 Å². The van der Waals surface area contributed by atoms with Gasteiger partial charge in [-0.25, -0.2) is 4.68 Å². The van der Waals surface area contributed by atoms with Gasteiger partial charge in [0, 0.05) is 25.1 Å². The Bertz CT molecular complexity index is 809. The Balaban J connectivity index is 1.53. The van der Waals surface area contributed by atoms with Gasteiger partial charge < -0.3 is 9.64 Å². The third-order valence-corrected chi connectivity index (χ3v) is 4.70. The van der Waals surface area contributed by atoms with E-state index < -0.39 is 0 Å². The molecule has 2 heterocycles. The summed E-state index contributed by atoms with van der Waals surface area (Å²) in [7, 11) is 0. The van der Waals surface area contributed by atoms with E-state index in [1.54, 1.807) is 18.2 Å². The molecule has 4 rings (SSSR count). The summed E-state index contributed by atoms with van der Waals surface area (Å²) in [6.07, 6.45) is 3.07. The summed E-state index contributed by atoms with van der Waals surface area (Å²) in [6.45, 7) is 2.14. The highest BCUT2D eigenvalue weighted by Crippen LogP contribution is 2.29. The van der Waals surface area contributed by atoms with Crippen LogP contribution in [0.3, 0.4) is 0 Å². The van der Waals surface area contributed by atoms with Gasteiger partial charge in [-0.15, -0.1) is 5.10 Å². The molecular weight excluding hydrogens is 308 g/mol. The number of hydrogen-bond donors (Lipinski definition) is 0. The van der Waals surface area contributed by atoms with Crippen LogP contribution in [0.4, 0.5) is 0 Å². The lowest BCUT2D eigenvalue weighted by molar-refractivity contribution is -0.133. The standard InChI is InChI=1S/C17H20N4O3/c22-16(20(13-5-6-13)9-12-7-8-24-11-12)10-21-17(23)14-3-1-2-4-15(14)18-19-21/h1-4,12-13H,5-11H2/t12-/m1/s1. The Labute approximate surface area is 139 Å². The highest BCUT2D eigenvalue weighted by Gasteiger charge is 2.35. The average molecular weight is 328 g/mol. The lowest BCUT2D eigenvalue weighted by Crippen LogP contribution is -2.41. The molecule has 0 N–H and O–H groups in total. The fraction of sp³-hybridized carbons (Fsp3) is 0.529. The first-order chi connectivity index (χ1) is 11.7. The number of carbonyl (C=O) groups is 1. The SMILES string of the molecule is O=C(Cn1nnc2ccccc2c1=O)N(C[C@H]1CCOC1)C1CC1. The van der Waals surface area contributed by atoms with Gasteiger partial charge >= 0.3 is 0 Å². The minimum atomic E-state index is -0.270. The number of aromatic nitrogens is 3. The van der Waals surface area contributed by atoms with Gasteiger partial charge in [-0.2, -0.15) is 0 Å². The van der Waals surface area contributed by atoms with Crippen molar-refractivity contribution < 1.29 is 9.53 Å². The molecule has 0 unspecified atom stereocenters. The molecule has 2 aromatic rings. The molecular formula is C17H20N4O3. The number of amides is 1. The highest BCUT2D eigenvalue weighted by molar-refractivity contribution is 5.78. The molecule has 2 fully saturated rings. The van der Waals surface area contributed by atoms with Gasteiger partial charge in [0.15, 0.2) is 0 Å². The Morgan fingerprint density at radius 2 is 2.12 bits per heavy atom. The third-order valence-electron chi connectivity index (χ3n) is 4.70. The summed E-state index contributed by atoms with van der Waals surface area (Å²) in [5.41, 5.74) is 0.280.